The number of hydrogen-bond acceptors (Lipinski definition) is 8. The Bertz CT molecular complexity index is 1650. The van der Waals surface area contributed by atoms with Crippen molar-refractivity contribution in [2.24, 2.45) is 0 Å². The fraction of sp³-hybridized carbons (Fsp3) is 0.152. The molecule has 1 heterocycles. The molecule has 0 N–H and O–H groups in total. The van der Waals surface area contributed by atoms with Crippen molar-refractivity contribution in [3.63, 3.8) is 0 Å². The topological polar surface area (TPSA) is 89.3 Å². The zero-order valence-corrected chi connectivity index (χ0v) is 23.2. The molecule has 0 unspecified atom stereocenters. The standard InChI is InChI=1S/C33H29NO7/c1-36-28-17-22(14-15-27(28)40-20-21-10-6-5-7-11-21)16-24(33-34-25-12-8-9-13-26(25)41-33)31(35)23-18-29(37-2)32(39-4)30(19-23)38-3/h5-19H,20H2,1-4H3. The van der Waals surface area contributed by atoms with Crippen LogP contribution in [0, 0.1) is 0 Å². The predicted molar refractivity (Wildman–Crippen MR) is 156 cm³/mol. The molecular formula is C33H29NO7. The highest BCUT2D eigenvalue weighted by Crippen LogP contribution is 2.40. The highest BCUT2D eigenvalue weighted by Gasteiger charge is 2.24. The van der Waals surface area contributed by atoms with E-state index in [-0.39, 0.29) is 17.2 Å². The number of para-hydroxylation sites is 2. The average Bonchev–Trinajstić information content (AvgIpc) is 3.46. The first-order valence-corrected chi connectivity index (χ1v) is 12.8. The van der Waals surface area contributed by atoms with Gasteiger partial charge in [0.05, 0.1) is 34.0 Å². The molecule has 0 atom stereocenters. The number of ketones is 1. The molecule has 0 bridgehead atoms. The summed E-state index contributed by atoms with van der Waals surface area (Å²) in [6.07, 6.45) is 1.71. The minimum absolute atomic E-state index is 0.174. The minimum Gasteiger partial charge on any atom is -0.493 e. The number of aromatic nitrogens is 1. The third kappa shape index (κ3) is 5.86. The number of oxazole rings is 1. The Morgan fingerprint density at radius 2 is 1.44 bits per heavy atom. The van der Waals surface area contributed by atoms with E-state index in [0.29, 0.717) is 57.6 Å². The summed E-state index contributed by atoms with van der Waals surface area (Å²) >= 11 is 0. The Morgan fingerprint density at radius 3 is 2.10 bits per heavy atom. The summed E-state index contributed by atoms with van der Waals surface area (Å²) < 4.78 is 34.0. The second-order valence-electron chi connectivity index (χ2n) is 8.97. The molecule has 1 aromatic heterocycles. The monoisotopic (exact) mass is 551 g/mol. The van der Waals surface area contributed by atoms with Crippen LogP contribution in [0.3, 0.4) is 0 Å². The van der Waals surface area contributed by atoms with Gasteiger partial charge in [-0.15, -0.1) is 0 Å². The maximum absolute atomic E-state index is 14.1. The lowest BCUT2D eigenvalue weighted by Gasteiger charge is -2.14. The van der Waals surface area contributed by atoms with Gasteiger partial charge in [-0.3, -0.25) is 4.79 Å². The number of hydrogen-bond donors (Lipinski definition) is 0. The molecule has 5 aromatic rings. The molecule has 5 rings (SSSR count). The lowest BCUT2D eigenvalue weighted by Crippen LogP contribution is -2.06. The molecule has 8 nitrogen and oxygen atoms in total. The Morgan fingerprint density at radius 1 is 0.756 bits per heavy atom. The van der Waals surface area contributed by atoms with Crippen molar-refractivity contribution in [2.45, 2.75) is 6.61 Å². The lowest BCUT2D eigenvalue weighted by atomic mass is 9.99. The molecule has 0 amide bonds. The van der Waals surface area contributed by atoms with Crippen molar-refractivity contribution in [2.75, 3.05) is 28.4 Å². The number of benzene rings is 4. The quantitative estimate of drug-likeness (QED) is 0.130. The molecule has 41 heavy (non-hydrogen) atoms. The second kappa shape index (κ2) is 12.3. The van der Waals surface area contributed by atoms with Crippen LogP contribution in [-0.2, 0) is 6.61 Å². The van der Waals surface area contributed by atoms with Gasteiger partial charge in [0.25, 0.3) is 0 Å². The van der Waals surface area contributed by atoms with Crippen molar-refractivity contribution in [3.05, 3.63) is 108 Å². The second-order valence-corrected chi connectivity index (χ2v) is 8.97. The van der Waals surface area contributed by atoms with Crippen molar-refractivity contribution in [1.29, 1.82) is 0 Å². The van der Waals surface area contributed by atoms with Crippen LogP contribution in [0.5, 0.6) is 28.7 Å². The molecule has 0 aliphatic heterocycles. The molecule has 0 aliphatic carbocycles. The van der Waals surface area contributed by atoms with Gasteiger partial charge in [0, 0.05) is 5.56 Å². The van der Waals surface area contributed by atoms with Gasteiger partial charge in [0.2, 0.25) is 11.6 Å². The number of allylic oxidation sites excluding steroid dienone is 1. The van der Waals surface area contributed by atoms with Gasteiger partial charge >= 0.3 is 0 Å². The summed E-state index contributed by atoms with van der Waals surface area (Å²) in [7, 11) is 6.07. The summed E-state index contributed by atoms with van der Waals surface area (Å²) in [4.78, 5) is 18.7. The summed E-state index contributed by atoms with van der Waals surface area (Å²) in [6, 6.07) is 25.8. The largest absolute Gasteiger partial charge is 0.493 e. The van der Waals surface area contributed by atoms with Gasteiger partial charge in [0.15, 0.2) is 34.4 Å². The van der Waals surface area contributed by atoms with Crippen LogP contribution in [0.2, 0.25) is 0 Å². The molecule has 208 valence electrons. The molecule has 0 saturated heterocycles. The lowest BCUT2D eigenvalue weighted by molar-refractivity contribution is 0.105. The number of carbonyl (C=O) groups is 1. The zero-order chi connectivity index (χ0) is 28.8. The fourth-order valence-electron chi connectivity index (χ4n) is 4.37. The van der Waals surface area contributed by atoms with E-state index in [0.717, 1.165) is 5.56 Å². The van der Waals surface area contributed by atoms with E-state index in [2.05, 4.69) is 4.98 Å². The Hall–Kier alpha value is -5.24. The third-order valence-corrected chi connectivity index (χ3v) is 6.43. The average molecular weight is 552 g/mol. The summed E-state index contributed by atoms with van der Waals surface area (Å²) in [5, 5.41) is 0. The van der Waals surface area contributed by atoms with Crippen LogP contribution >= 0.6 is 0 Å². The van der Waals surface area contributed by atoms with E-state index in [9.17, 15) is 4.79 Å². The number of carbonyl (C=O) groups excluding carboxylic acids is 1. The van der Waals surface area contributed by atoms with Crippen LogP contribution in [0.4, 0.5) is 0 Å². The van der Waals surface area contributed by atoms with E-state index < -0.39 is 0 Å². The third-order valence-electron chi connectivity index (χ3n) is 6.43. The highest BCUT2D eigenvalue weighted by atomic mass is 16.5. The van der Waals surface area contributed by atoms with E-state index >= 15 is 0 Å². The number of methoxy groups -OCH3 is 4. The normalized spacial score (nSPS) is 11.3. The van der Waals surface area contributed by atoms with E-state index in [1.165, 1.54) is 21.3 Å². The maximum Gasteiger partial charge on any atom is 0.231 e. The van der Waals surface area contributed by atoms with Gasteiger partial charge in [-0.2, -0.15) is 0 Å². The van der Waals surface area contributed by atoms with Crippen molar-refractivity contribution in [1.82, 2.24) is 4.98 Å². The van der Waals surface area contributed by atoms with E-state index in [1.807, 2.05) is 54.6 Å². The Balaban J connectivity index is 1.57. The van der Waals surface area contributed by atoms with Crippen LogP contribution in [-0.4, -0.2) is 39.2 Å². The molecule has 0 spiro atoms. The summed E-state index contributed by atoms with van der Waals surface area (Å²) in [5.74, 6) is 2.02. The molecule has 0 radical (unpaired) electrons. The SMILES string of the molecule is COc1cc(C=C(C(=O)c2cc(OC)c(OC)c(OC)c2)c2nc3ccccc3o2)ccc1OCc1ccccc1. The molecule has 0 aliphatic rings. The van der Waals surface area contributed by atoms with Crippen molar-refractivity contribution >= 4 is 28.5 Å². The first-order chi connectivity index (χ1) is 20.0. The molecular weight excluding hydrogens is 522 g/mol. The van der Waals surface area contributed by atoms with Crippen molar-refractivity contribution in [3.8, 4) is 28.7 Å². The highest BCUT2D eigenvalue weighted by molar-refractivity contribution is 6.32. The maximum atomic E-state index is 14.1. The van der Waals surface area contributed by atoms with Gasteiger partial charge in [-0.25, -0.2) is 4.98 Å². The van der Waals surface area contributed by atoms with Crippen LogP contribution in [0.1, 0.15) is 27.4 Å². The molecule has 0 fully saturated rings. The number of fused-ring (bicyclic) bond motifs is 1. The smallest absolute Gasteiger partial charge is 0.231 e. The van der Waals surface area contributed by atoms with Crippen LogP contribution in [0.15, 0.2) is 89.3 Å². The molecule has 8 heteroatoms. The number of Topliss-reactive ketones (excluding diaryl/α,β-unsaturated/α-hetero) is 1. The van der Waals surface area contributed by atoms with Crippen LogP contribution in [0.25, 0.3) is 22.7 Å². The summed E-state index contributed by atoms with van der Waals surface area (Å²) in [5.41, 5.74) is 3.46. The fourth-order valence-corrected chi connectivity index (χ4v) is 4.37. The van der Waals surface area contributed by atoms with Gasteiger partial charge in [0.1, 0.15) is 12.1 Å². The number of ether oxygens (including phenoxy) is 5. The molecule has 4 aromatic carbocycles. The van der Waals surface area contributed by atoms with E-state index in [4.69, 9.17) is 28.1 Å². The zero-order valence-electron chi connectivity index (χ0n) is 23.2. The number of nitrogens with zero attached hydrogens (tertiary/aromatic N) is 1. The summed E-state index contributed by atoms with van der Waals surface area (Å²) in [6.45, 7) is 0.389. The van der Waals surface area contributed by atoms with Crippen LogP contribution < -0.4 is 23.7 Å². The Kier molecular flexibility index (Phi) is 8.20. The first-order valence-electron chi connectivity index (χ1n) is 12.8. The van der Waals surface area contributed by atoms with Gasteiger partial charge in [-0.1, -0.05) is 48.5 Å². The molecule has 0 saturated carbocycles. The Labute approximate surface area is 237 Å². The number of rotatable bonds is 11. The minimum atomic E-state index is -0.348. The van der Waals surface area contributed by atoms with Gasteiger partial charge < -0.3 is 28.1 Å². The first kappa shape index (κ1) is 27.3. The van der Waals surface area contributed by atoms with Crippen molar-refractivity contribution < 1.29 is 32.9 Å². The van der Waals surface area contributed by atoms with Gasteiger partial charge in [-0.05, 0) is 53.6 Å². The predicted octanol–water partition coefficient (Wildman–Crippen LogP) is 6.86. The van der Waals surface area contributed by atoms with E-state index in [1.54, 1.807) is 43.5 Å².